The van der Waals surface area contributed by atoms with Crippen molar-refractivity contribution in [2.75, 3.05) is 6.61 Å². The van der Waals surface area contributed by atoms with Gasteiger partial charge in [-0.15, -0.1) is 0 Å². The fourth-order valence-corrected chi connectivity index (χ4v) is 3.63. The van der Waals surface area contributed by atoms with Crippen LogP contribution in [0.5, 0.6) is 0 Å². The van der Waals surface area contributed by atoms with E-state index in [-0.39, 0.29) is 15.3 Å². The Bertz CT molecular complexity index is 384. The molecule has 3 heteroatoms. The standard InChI is InChI=1S/C14H17IO2/c1-2-17-13(16)14(9-6-10-14)12(15)11-7-4-3-5-8-11/h3-5,7-8,12H,2,6,9-10H2,1H3. The zero-order valence-corrected chi connectivity index (χ0v) is 12.1. The summed E-state index contributed by atoms with van der Waals surface area (Å²) >= 11 is 2.39. The fraction of sp³-hybridized carbons (Fsp3) is 0.500. The van der Waals surface area contributed by atoms with Crippen LogP contribution in [0.1, 0.15) is 35.7 Å². The molecule has 2 nitrogen and oxygen atoms in total. The zero-order chi connectivity index (χ0) is 12.3. The van der Waals surface area contributed by atoms with E-state index >= 15 is 0 Å². The monoisotopic (exact) mass is 344 g/mol. The quantitative estimate of drug-likeness (QED) is 0.471. The maximum atomic E-state index is 12.1. The predicted molar refractivity (Wildman–Crippen MR) is 76.1 cm³/mol. The lowest BCUT2D eigenvalue weighted by Crippen LogP contribution is -2.42. The second-order valence-electron chi connectivity index (χ2n) is 4.50. The molecule has 0 radical (unpaired) electrons. The molecule has 92 valence electrons. The van der Waals surface area contributed by atoms with Crippen molar-refractivity contribution in [3.8, 4) is 0 Å². The minimum atomic E-state index is -0.280. The van der Waals surface area contributed by atoms with Gasteiger partial charge in [-0.1, -0.05) is 59.3 Å². The summed E-state index contributed by atoms with van der Waals surface area (Å²) in [5, 5.41) is 0. The van der Waals surface area contributed by atoms with Gasteiger partial charge in [-0.25, -0.2) is 0 Å². The molecule has 0 heterocycles. The van der Waals surface area contributed by atoms with E-state index in [2.05, 4.69) is 34.7 Å². The molecule has 0 spiro atoms. The Morgan fingerprint density at radius 2 is 2.06 bits per heavy atom. The Morgan fingerprint density at radius 1 is 1.41 bits per heavy atom. The Morgan fingerprint density at radius 3 is 2.53 bits per heavy atom. The molecule has 1 aromatic carbocycles. The summed E-state index contributed by atoms with van der Waals surface area (Å²) in [5.74, 6) is -0.0190. The number of carbonyl (C=O) groups is 1. The molecule has 1 aliphatic carbocycles. The van der Waals surface area contributed by atoms with Crippen LogP contribution < -0.4 is 0 Å². The molecule has 0 bridgehead atoms. The number of carbonyl (C=O) groups excluding carboxylic acids is 1. The van der Waals surface area contributed by atoms with Crippen LogP contribution in [0.3, 0.4) is 0 Å². The van der Waals surface area contributed by atoms with Crippen molar-refractivity contribution in [1.82, 2.24) is 0 Å². The zero-order valence-electron chi connectivity index (χ0n) is 9.99. The predicted octanol–water partition coefficient (Wildman–Crippen LogP) is 3.90. The van der Waals surface area contributed by atoms with Gasteiger partial charge in [0.15, 0.2) is 0 Å². The van der Waals surface area contributed by atoms with Gasteiger partial charge in [-0.05, 0) is 25.3 Å². The van der Waals surface area contributed by atoms with Gasteiger partial charge in [0.25, 0.3) is 0 Å². The fourth-order valence-electron chi connectivity index (χ4n) is 2.33. The average molecular weight is 344 g/mol. The number of halogens is 1. The normalized spacial score (nSPS) is 19.2. The Balaban J connectivity index is 2.21. The Hall–Kier alpha value is -0.580. The van der Waals surface area contributed by atoms with Gasteiger partial charge in [0.05, 0.1) is 15.9 Å². The van der Waals surface area contributed by atoms with Crippen LogP contribution in [0.25, 0.3) is 0 Å². The van der Waals surface area contributed by atoms with Crippen LogP contribution in [0.15, 0.2) is 30.3 Å². The second-order valence-corrected chi connectivity index (χ2v) is 5.75. The summed E-state index contributed by atoms with van der Waals surface area (Å²) in [7, 11) is 0. The SMILES string of the molecule is CCOC(=O)C1(C(I)c2ccccc2)CCC1. The molecular weight excluding hydrogens is 327 g/mol. The van der Waals surface area contributed by atoms with Crippen molar-refractivity contribution in [3.63, 3.8) is 0 Å². The maximum Gasteiger partial charge on any atom is 0.313 e. The molecule has 1 fully saturated rings. The molecule has 0 N–H and O–H groups in total. The molecule has 0 aliphatic heterocycles. The molecular formula is C14H17IO2. The van der Waals surface area contributed by atoms with E-state index in [1.54, 1.807) is 0 Å². The molecule has 1 atom stereocenters. The van der Waals surface area contributed by atoms with Crippen molar-refractivity contribution >= 4 is 28.6 Å². The van der Waals surface area contributed by atoms with E-state index < -0.39 is 0 Å². The van der Waals surface area contributed by atoms with Crippen LogP contribution in [-0.2, 0) is 9.53 Å². The molecule has 1 aliphatic rings. The number of ether oxygens (including phenoxy) is 1. The highest BCUT2D eigenvalue weighted by Gasteiger charge is 2.51. The lowest BCUT2D eigenvalue weighted by molar-refractivity contribution is -0.160. The van der Waals surface area contributed by atoms with E-state index in [9.17, 15) is 4.79 Å². The molecule has 0 saturated heterocycles. The van der Waals surface area contributed by atoms with Gasteiger partial charge in [-0.3, -0.25) is 4.79 Å². The van der Waals surface area contributed by atoms with E-state index in [1.807, 2.05) is 25.1 Å². The number of esters is 1. The largest absolute Gasteiger partial charge is 0.466 e. The molecule has 1 saturated carbocycles. The van der Waals surface area contributed by atoms with Crippen LogP contribution in [0.2, 0.25) is 0 Å². The van der Waals surface area contributed by atoms with Crippen molar-refractivity contribution in [2.24, 2.45) is 5.41 Å². The van der Waals surface area contributed by atoms with E-state index in [1.165, 1.54) is 5.56 Å². The molecule has 17 heavy (non-hydrogen) atoms. The first-order valence-corrected chi connectivity index (χ1v) is 7.31. The minimum absolute atomic E-state index is 0.0190. The molecule has 0 aromatic heterocycles. The van der Waals surface area contributed by atoms with Gasteiger partial charge in [0, 0.05) is 0 Å². The van der Waals surface area contributed by atoms with Crippen LogP contribution in [0, 0.1) is 5.41 Å². The summed E-state index contributed by atoms with van der Waals surface area (Å²) in [6.07, 6.45) is 3.04. The van der Waals surface area contributed by atoms with Gasteiger partial charge < -0.3 is 4.74 Å². The first-order valence-electron chi connectivity index (χ1n) is 6.07. The molecule has 0 amide bonds. The summed E-state index contributed by atoms with van der Waals surface area (Å²) in [6, 6.07) is 10.2. The maximum absolute atomic E-state index is 12.1. The first kappa shape index (κ1) is 12.9. The molecule has 2 rings (SSSR count). The third-order valence-corrected chi connectivity index (χ3v) is 5.42. The summed E-state index contributed by atoms with van der Waals surface area (Å²) in [5.41, 5.74) is 0.943. The topological polar surface area (TPSA) is 26.3 Å². The van der Waals surface area contributed by atoms with Crippen LogP contribution in [0.4, 0.5) is 0 Å². The van der Waals surface area contributed by atoms with E-state index in [0.29, 0.717) is 6.61 Å². The minimum Gasteiger partial charge on any atom is -0.466 e. The molecule has 1 unspecified atom stereocenters. The summed E-state index contributed by atoms with van der Waals surface area (Å²) in [6.45, 7) is 2.34. The van der Waals surface area contributed by atoms with Crippen molar-refractivity contribution < 1.29 is 9.53 Å². The van der Waals surface area contributed by atoms with E-state index in [0.717, 1.165) is 19.3 Å². The highest BCUT2D eigenvalue weighted by molar-refractivity contribution is 14.1. The van der Waals surface area contributed by atoms with Crippen molar-refractivity contribution in [3.05, 3.63) is 35.9 Å². The Kier molecular flexibility index (Phi) is 4.07. The lowest BCUT2D eigenvalue weighted by Gasteiger charge is -2.43. The average Bonchev–Trinajstić information content (AvgIpc) is 2.29. The smallest absolute Gasteiger partial charge is 0.313 e. The number of alkyl halides is 1. The highest BCUT2D eigenvalue weighted by Crippen LogP contribution is 2.55. The number of hydrogen-bond acceptors (Lipinski definition) is 2. The van der Waals surface area contributed by atoms with Crippen LogP contribution >= 0.6 is 22.6 Å². The number of hydrogen-bond donors (Lipinski definition) is 0. The number of rotatable bonds is 4. The number of benzene rings is 1. The van der Waals surface area contributed by atoms with Gasteiger partial charge in [-0.2, -0.15) is 0 Å². The first-order chi connectivity index (χ1) is 8.20. The van der Waals surface area contributed by atoms with Gasteiger partial charge >= 0.3 is 5.97 Å². The van der Waals surface area contributed by atoms with Gasteiger partial charge in [0.1, 0.15) is 0 Å². The van der Waals surface area contributed by atoms with E-state index in [4.69, 9.17) is 4.74 Å². The molecule has 1 aromatic rings. The lowest BCUT2D eigenvalue weighted by atomic mass is 9.65. The second kappa shape index (κ2) is 5.38. The van der Waals surface area contributed by atoms with Gasteiger partial charge in [0.2, 0.25) is 0 Å². The van der Waals surface area contributed by atoms with Crippen molar-refractivity contribution in [2.45, 2.75) is 30.1 Å². The third-order valence-electron chi connectivity index (χ3n) is 3.51. The highest BCUT2D eigenvalue weighted by atomic mass is 127. The van der Waals surface area contributed by atoms with Crippen molar-refractivity contribution in [1.29, 1.82) is 0 Å². The Labute approximate surface area is 116 Å². The van der Waals surface area contributed by atoms with Crippen LogP contribution in [-0.4, -0.2) is 12.6 Å². The summed E-state index contributed by atoms with van der Waals surface area (Å²) in [4.78, 5) is 12.1. The summed E-state index contributed by atoms with van der Waals surface area (Å²) < 4.78 is 5.46. The third kappa shape index (κ3) is 2.34.